The van der Waals surface area contributed by atoms with Gasteiger partial charge >= 0.3 is 6.03 Å². The van der Waals surface area contributed by atoms with Crippen molar-refractivity contribution in [2.75, 3.05) is 19.6 Å². The van der Waals surface area contributed by atoms with Gasteiger partial charge in [-0.3, -0.25) is 4.98 Å². The molecular weight excluding hydrogens is 310 g/mol. The summed E-state index contributed by atoms with van der Waals surface area (Å²) >= 11 is 0. The minimum atomic E-state index is 0.0592. The molecule has 0 radical (unpaired) electrons. The van der Waals surface area contributed by atoms with Gasteiger partial charge in [0.2, 0.25) is 0 Å². The van der Waals surface area contributed by atoms with E-state index < -0.39 is 0 Å². The second-order valence-corrected chi connectivity index (χ2v) is 5.91. The van der Waals surface area contributed by atoms with Crippen LogP contribution < -0.4 is 5.32 Å². The lowest BCUT2D eigenvalue weighted by Crippen LogP contribution is -2.43. The fourth-order valence-corrected chi connectivity index (χ4v) is 2.89. The van der Waals surface area contributed by atoms with E-state index in [-0.39, 0.29) is 6.03 Å². The number of rotatable bonds is 4. The van der Waals surface area contributed by atoms with Crippen LogP contribution in [0.15, 0.2) is 48.5 Å². The summed E-state index contributed by atoms with van der Waals surface area (Å²) in [6, 6.07) is 16.3. The van der Waals surface area contributed by atoms with Crippen molar-refractivity contribution in [1.29, 1.82) is 0 Å². The lowest BCUT2D eigenvalue weighted by Gasteiger charge is -2.26. The van der Waals surface area contributed by atoms with Crippen LogP contribution in [0, 0.1) is 0 Å². The van der Waals surface area contributed by atoms with Crippen LogP contribution in [-0.2, 0) is 6.42 Å². The molecule has 2 heterocycles. The number of nitrogens with zero attached hydrogens (tertiary/aromatic N) is 2. The number of pyridine rings is 1. The van der Waals surface area contributed by atoms with E-state index in [1.54, 1.807) is 0 Å². The summed E-state index contributed by atoms with van der Waals surface area (Å²) in [4.78, 5) is 18.7. The van der Waals surface area contributed by atoms with Crippen LogP contribution >= 0.6 is 0 Å². The maximum atomic E-state index is 12.1. The molecule has 134 valence electrons. The molecule has 0 saturated carbocycles. The Bertz CT molecular complexity index is 637. The van der Waals surface area contributed by atoms with Crippen molar-refractivity contribution in [2.45, 2.75) is 39.5 Å². The summed E-state index contributed by atoms with van der Waals surface area (Å²) in [6.45, 7) is 6.39. The highest BCUT2D eigenvalue weighted by atomic mass is 16.2. The summed E-state index contributed by atoms with van der Waals surface area (Å²) in [7, 11) is 0. The van der Waals surface area contributed by atoms with Gasteiger partial charge in [-0.15, -0.1) is 0 Å². The Morgan fingerprint density at radius 1 is 1.00 bits per heavy atom. The Labute approximate surface area is 151 Å². The number of nitrogens with one attached hydrogen (secondary N) is 1. The molecule has 0 spiro atoms. The third-order valence-electron chi connectivity index (χ3n) is 4.18. The number of likely N-dealkylation sites (tertiary alicyclic amines) is 1. The van der Waals surface area contributed by atoms with Crippen molar-refractivity contribution in [1.82, 2.24) is 15.2 Å². The molecule has 1 saturated heterocycles. The zero-order valence-electron chi connectivity index (χ0n) is 15.4. The average Bonchev–Trinajstić information content (AvgIpc) is 2.71. The van der Waals surface area contributed by atoms with E-state index in [0.29, 0.717) is 6.54 Å². The molecule has 1 aromatic heterocycles. The molecule has 0 unspecified atom stereocenters. The molecule has 1 aromatic carbocycles. The number of urea groups is 1. The molecule has 4 nitrogen and oxygen atoms in total. The quantitative estimate of drug-likeness (QED) is 0.890. The van der Waals surface area contributed by atoms with Gasteiger partial charge in [-0.25, -0.2) is 4.79 Å². The smallest absolute Gasteiger partial charge is 0.317 e. The van der Waals surface area contributed by atoms with Crippen molar-refractivity contribution < 1.29 is 4.79 Å². The number of amides is 2. The van der Waals surface area contributed by atoms with Crippen LogP contribution in [0.25, 0.3) is 11.3 Å². The number of hydrogen-bond acceptors (Lipinski definition) is 2. The van der Waals surface area contributed by atoms with Crippen LogP contribution in [0.3, 0.4) is 0 Å². The normalized spacial score (nSPS) is 13.6. The van der Waals surface area contributed by atoms with Gasteiger partial charge in [0.05, 0.1) is 5.69 Å². The van der Waals surface area contributed by atoms with Crippen LogP contribution in [0.5, 0.6) is 0 Å². The largest absolute Gasteiger partial charge is 0.338 e. The lowest BCUT2D eigenvalue weighted by atomic mass is 10.1. The van der Waals surface area contributed by atoms with E-state index in [9.17, 15) is 4.79 Å². The Morgan fingerprint density at radius 2 is 1.72 bits per heavy atom. The predicted molar refractivity (Wildman–Crippen MR) is 104 cm³/mol. The first-order chi connectivity index (χ1) is 12.3. The van der Waals surface area contributed by atoms with Crippen LogP contribution in [0.4, 0.5) is 4.79 Å². The van der Waals surface area contributed by atoms with Crippen molar-refractivity contribution >= 4 is 6.03 Å². The third-order valence-corrected chi connectivity index (χ3v) is 4.18. The first kappa shape index (κ1) is 19.0. The minimum absolute atomic E-state index is 0.0592. The Hall–Kier alpha value is -2.36. The van der Waals surface area contributed by atoms with Gasteiger partial charge in [0.25, 0.3) is 0 Å². The van der Waals surface area contributed by atoms with Crippen molar-refractivity contribution in [3.05, 3.63) is 54.2 Å². The highest BCUT2D eigenvalue weighted by Crippen LogP contribution is 2.16. The summed E-state index contributed by atoms with van der Waals surface area (Å²) in [6.07, 6.45) is 4.22. The van der Waals surface area contributed by atoms with Gasteiger partial charge in [0.15, 0.2) is 0 Å². The van der Waals surface area contributed by atoms with E-state index in [4.69, 9.17) is 0 Å². The SMILES string of the molecule is CC.O=C(NCCc1cccc(-c2ccccc2)n1)N1CCCCC1. The summed E-state index contributed by atoms with van der Waals surface area (Å²) in [5.74, 6) is 0. The maximum Gasteiger partial charge on any atom is 0.317 e. The lowest BCUT2D eigenvalue weighted by molar-refractivity contribution is 0.186. The molecule has 0 aliphatic carbocycles. The summed E-state index contributed by atoms with van der Waals surface area (Å²) < 4.78 is 0. The fraction of sp³-hybridized carbons (Fsp3) is 0.429. The molecule has 0 atom stereocenters. The Balaban J connectivity index is 0.00000109. The van der Waals surface area contributed by atoms with Gasteiger partial charge in [0.1, 0.15) is 0 Å². The number of piperidine rings is 1. The molecular formula is C21H29N3O. The van der Waals surface area contributed by atoms with Gasteiger partial charge in [-0.2, -0.15) is 0 Å². The first-order valence-corrected chi connectivity index (χ1v) is 9.37. The van der Waals surface area contributed by atoms with Gasteiger partial charge < -0.3 is 10.2 Å². The molecule has 1 fully saturated rings. The highest BCUT2D eigenvalue weighted by molar-refractivity contribution is 5.74. The molecule has 1 aliphatic rings. The van der Waals surface area contributed by atoms with Gasteiger partial charge in [-0.05, 0) is 31.4 Å². The number of aromatic nitrogens is 1. The van der Waals surface area contributed by atoms with E-state index in [1.807, 2.05) is 55.1 Å². The van der Waals surface area contributed by atoms with E-state index in [2.05, 4.69) is 22.4 Å². The number of carbonyl (C=O) groups is 1. The standard InChI is InChI=1S/C19H23N3O.C2H6/c23-19(22-14-5-2-6-15-22)20-13-12-17-10-7-11-18(21-17)16-8-3-1-4-9-16;1-2/h1,3-4,7-11H,2,5-6,12-15H2,(H,20,23);1-2H3. The van der Waals surface area contributed by atoms with Crippen LogP contribution in [-0.4, -0.2) is 35.5 Å². The molecule has 0 bridgehead atoms. The Morgan fingerprint density at radius 3 is 2.44 bits per heavy atom. The van der Waals surface area contributed by atoms with E-state index in [1.165, 1.54) is 6.42 Å². The number of carbonyl (C=O) groups excluding carboxylic acids is 1. The molecule has 25 heavy (non-hydrogen) atoms. The number of hydrogen-bond donors (Lipinski definition) is 1. The maximum absolute atomic E-state index is 12.1. The van der Waals surface area contributed by atoms with Gasteiger partial charge in [0, 0.05) is 37.3 Å². The zero-order chi connectivity index (χ0) is 17.9. The molecule has 1 aliphatic heterocycles. The van der Waals surface area contributed by atoms with Crippen LogP contribution in [0.1, 0.15) is 38.8 Å². The predicted octanol–water partition coefficient (Wildman–Crippen LogP) is 4.51. The first-order valence-electron chi connectivity index (χ1n) is 9.37. The molecule has 2 amide bonds. The second-order valence-electron chi connectivity index (χ2n) is 5.91. The Kier molecular flexibility index (Phi) is 7.96. The van der Waals surface area contributed by atoms with Crippen LogP contribution in [0.2, 0.25) is 0 Å². The minimum Gasteiger partial charge on any atom is -0.338 e. The summed E-state index contributed by atoms with van der Waals surface area (Å²) in [5, 5.41) is 3.01. The topological polar surface area (TPSA) is 45.2 Å². The van der Waals surface area contributed by atoms with E-state index in [0.717, 1.165) is 49.3 Å². The highest BCUT2D eigenvalue weighted by Gasteiger charge is 2.15. The molecule has 3 rings (SSSR count). The zero-order valence-corrected chi connectivity index (χ0v) is 15.4. The molecule has 1 N–H and O–H groups in total. The second kappa shape index (κ2) is 10.5. The van der Waals surface area contributed by atoms with E-state index >= 15 is 0 Å². The fourth-order valence-electron chi connectivity index (χ4n) is 2.89. The van der Waals surface area contributed by atoms with Crippen molar-refractivity contribution in [3.63, 3.8) is 0 Å². The number of benzene rings is 1. The monoisotopic (exact) mass is 339 g/mol. The van der Waals surface area contributed by atoms with Gasteiger partial charge in [-0.1, -0.05) is 50.2 Å². The average molecular weight is 339 g/mol. The molecule has 4 heteroatoms. The van der Waals surface area contributed by atoms with Crippen molar-refractivity contribution in [2.24, 2.45) is 0 Å². The molecule has 2 aromatic rings. The van der Waals surface area contributed by atoms with Crippen molar-refractivity contribution in [3.8, 4) is 11.3 Å². The summed E-state index contributed by atoms with van der Waals surface area (Å²) in [5.41, 5.74) is 3.10. The third kappa shape index (κ3) is 5.89.